The number of nitrogens with one attached hydrogen (secondary N) is 1. The number of benzene rings is 1. The van der Waals surface area contributed by atoms with Gasteiger partial charge in [-0.3, -0.25) is 4.79 Å². The topological polar surface area (TPSA) is 32.3 Å². The largest absolute Gasteiger partial charge is 0.340 e. The Morgan fingerprint density at radius 1 is 1.52 bits per heavy atom. The van der Waals surface area contributed by atoms with Crippen LogP contribution in [0.15, 0.2) is 18.2 Å². The van der Waals surface area contributed by atoms with Crippen molar-refractivity contribution < 1.29 is 9.18 Å². The summed E-state index contributed by atoms with van der Waals surface area (Å²) in [5, 5.41) is 3.64. The Morgan fingerprint density at radius 2 is 2.24 bits per heavy atom. The van der Waals surface area contributed by atoms with Crippen molar-refractivity contribution in [3.63, 3.8) is 0 Å². The zero-order valence-electron chi connectivity index (χ0n) is 12.7. The van der Waals surface area contributed by atoms with E-state index in [9.17, 15) is 9.18 Å². The lowest BCUT2D eigenvalue weighted by Gasteiger charge is -2.40. The quantitative estimate of drug-likeness (QED) is 0.929. The number of hydrogen-bond acceptors (Lipinski definition) is 2. The first kappa shape index (κ1) is 16.2. The van der Waals surface area contributed by atoms with Gasteiger partial charge in [-0.1, -0.05) is 31.5 Å². The number of piperidine rings is 1. The van der Waals surface area contributed by atoms with Gasteiger partial charge in [0.15, 0.2) is 0 Å². The highest BCUT2D eigenvalue weighted by Gasteiger charge is 2.38. The molecule has 0 bridgehead atoms. The molecule has 1 atom stereocenters. The minimum absolute atomic E-state index is 0.0148. The van der Waals surface area contributed by atoms with Crippen LogP contribution in [-0.2, 0) is 11.3 Å². The molecule has 1 amide bonds. The average Bonchev–Trinajstić information content (AvgIpc) is 2.41. The molecule has 1 aliphatic rings. The number of rotatable bonds is 3. The first-order valence-electron chi connectivity index (χ1n) is 7.24. The Balaban J connectivity index is 2.13. The van der Waals surface area contributed by atoms with Gasteiger partial charge in [0.2, 0.25) is 5.91 Å². The van der Waals surface area contributed by atoms with Gasteiger partial charge in [0.1, 0.15) is 5.82 Å². The average molecular weight is 313 g/mol. The van der Waals surface area contributed by atoms with Crippen LogP contribution in [0.2, 0.25) is 5.02 Å². The van der Waals surface area contributed by atoms with Crippen molar-refractivity contribution in [3.05, 3.63) is 34.6 Å². The number of halogens is 2. The molecule has 0 aromatic heterocycles. The summed E-state index contributed by atoms with van der Waals surface area (Å²) in [6.07, 6.45) is 2.07. The number of hydrogen-bond donors (Lipinski definition) is 1. The van der Waals surface area contributed by atoms with Gasteiger partial charge < -0.3 is 10.2 Å². The fourth-order valence-corrected chi connectivity index (χ4v) is 3.07. The summed E-state index contributed by atoms with van der Waals surface area (Å²) in [5.74, 6) is -0.392. The summed E-state index contributed by atoms with van der Waals surface area (Å²) in [7, 11) is 1.69. The van der Waals surface area contributed by atoms with Crippen LogP contribution in [0, 0.1) is 11.2 Å². The number of amides is 1. The summed E-state index contributed by atoms with van der Waals surface area (Å²) < 4.78 is 13.8. The molecule has 1 aliphatic heterocycles. The normalized spacial score (nSPS) is 21.1. The van der Waals surface area contributed by atoms with Crippen molar-refractivity contribution >= 4 is 17.5 Å². The third-order valence-electron chi connectivity index (χ3n) is 4.21. The summed E-state index contributed by atoms with van der Waals surface area (Å²) in [4.78, 5) is 14.2. The lowest BCUT2D eigenvalue weighted by atomic mass is 9.77. The van der Waals surface area contributed by atoms with Crippen LogP contribution in [0.1, 0.15) is 32.3 Å². The lowest BCUT2D eigenvalue weighted by Crippen LogP contribution is -2.55. The van der Waals surface area contributed by atoms with E-state index < -0.39 is 0 Å². The molecule has 1 fully saturated rings. The number of carbonyl (C=O) groups excluding carboxylic acids is 1. The fourth-order valence-electron chi connectivity index (χ4n) is 2.85. The van der Waals surface area contributed by atoms with Crippen molar-refractivity contribution in [3.8, 4) is 0 Å². The SMILES string of the molecule is CN(Cc1c(F)cccc1Cl)C(=O)C1NCCCC1(C)C. The van der Waals surface area contributed by atoms with Crippen LogP contribution in [0.3, 0.4) is 0 Å². The van der Waals surface area contributed by atoms with E-state index in [0.717, 1.165) is 19.4 Å². The molecule has 1 aromatic rings. The third-order valence-corrected chi connectivity index (χ3v) is 4.56. The van der Waals surface area contributed by atoms with Crippen molar-refractivity contribution in [1.29, 1.82) is 0 Å². The van der Waals surface area contributed by atoms with E-state index in [1.807, 2.05) is 0 Å². The van der Waals surface area contributed by atoms with Crippen LogP contribution < -0.4 is 5.32 Å². The smallest absolute Gasteiger partial charge is 0.240 e. The maximum atomic E-state index is 13.8. The molecule has 0 saturated carbocycles. The highest BCUT2D eigenvalue weighted by Crippen LogP contribution is 2.31. The molecule has 2 rings (SSSR count). The van der Waals surface area contributed by atoms with E-state index >= 15 is 0 Å². The first-order valence-corrected chi connectivity index (χ1v) is 7.62. The van der Waals surface area contributed by atoms with Gasteiger partial charge >= 0.3 is 0 Å². The van der Waals surface area contributed by atoms with E-state index in [0.29, 0.717) is 10.6 Å². The molecule has 1 N–H and O–H groups in total. The molecule has 1 heterocycles. The second-order valence-electron chi connectivity index (χ2n) is 6.37. The number of carbonyl (C=O) groups is 1. The molecule has 3 nitrogen and oxygen atoms in total. The highest BCUT2D eigenvalue weighted by molar-refractivity contribution is 6.31. The van der Waals surface area contributed by atoms with Crippen LogP contribution >= 0.6 is 11.6 Å². The molecule has 5 heteroatoms. The maximum Gasteiger partial charge on any atom is 0.240 e. The number of likely N-dealkylation sites (N-methyl/N-ethyl adjacent to an activating group) is 1. The van der Waals surface area contributed by atoms with Gasteiger partial charge in [0.25, 0.3) is 0 Å². The minimum Gasteiger partial charge on any atom is -0.340 e. The van der Waals surface area contributed by atoms with Gasteiger partial charge in [0.05, 0.1) is 6.04 Å². The van der Waals surface area contributed by atoms with Crippen LogP contribution in [0.25, 0.3) is 0 Å². The molecule has 0 aliphatic carbocycles. The van der Waals surface area contributed by atoms with Crippen LogP contribution in [-0.4, -0.2) is 30.4 Å². The van der Waals surface area contributed by atoms with Gasteiger partial charge in [-0.05, 0) is 36.9 Å². The lowest BCUT2D eigenvalue weighted by molar-refractivity contribution is -0.136. The summed E-state index contributed by atoms with van der Waals surface area (Å²) in [5.41, 5.74) is 0.270. The summed E-state index contributed by atoms with van der Waals surface area (Å²) >= 11 is 6.03. The van der Waals surface area contributed by atoms with Crippen molar-refractivity contribution in [1.82, 2.24) is 10.2 Å². The zero-order chi connectivity index (χ0) is 15.6. The Bertz CT molecular complexity index is 513. The fraction of sp³-hybridized carbons (Fsp3) is 0.562. The highest BCUT2D eigenvalue weighted by atomic mass is 35.5. The molecule has 0 radical (unpaired) electrons. The molecule has 1 aromatic carbocycles. The monoisotopic (exact) mass is 312 g/mol. The molecular weight excluding hydrogens is 291 g/mol. The Kier molecular flexibility index (Phi) is 4.89. The Hall–Kier alpha value is -1.13. The van der Waals surface area contributed by atoms with E-state index in [4.69, 9.17) is 11.6 Å². The van der Waals surface area contributed by atoms with Gasteiger partial charge in [-0.15, -0.1) is 0 Å². The molecule has 1 unspecified atom stereocenters. The summed E-state index contributed by atoms with van der Waals surface area (Å²) in [6, 6.07) is 4.33. The van der Waals surface area contributed by atoms with Crippen molar-refractivity contribution in [2.45, 2.75) is 39.3 Å². The van der Waals surface area contributed by atoms with Gasteiger partial charge in [-0.2, -0.15) is 0 Å². The van der Waals surface area contributed by atoms with Crippen LogP contribution in [0.5, 0.6) is 0 Å². The molecule has 21 heavy (non-hydrogen) atoms. The predicted molar refractivity (Wildman–Crippen MR) is 82.7 cm³/mol. The standard InChI is InChI=1S/C16H22ClFN2O/c1-16(2)8-5-9-19-14(16)15(21)20(3)10-11-12(17)6-4-7-13(11)18/h4,6-7,14,19H,5,8-10H2,1-3H3. The zero-order valence-corrected chi connectivity index (χ0v) is 13.5. The number of nitrogens with zero attached hydrogens (tertiary/aromatic N) is 1. The molecular formula is C16H22ClFN2O. The van der Waals surface area contributed by atoms with Gasteiger partial charge in [-0.25, -0.2) is 4.39 Å². The van der Waals surface area contributed by atoms with Crippen molar-refractivity contribution in [2.75, 3.05) is 13.6 Å². The van der Waals surface area contributed by atoms with E-state index in [1.165, 1.54) is 6.07 Å². The Morgan fingerprint density at radius 3 is 2.86 bits per heavy atom. The van der Waals surface area contributed by atoms with Gasteiger partial charge in [0, 0.05) is 24.2 Å². The van der Waals surface area contributed by atoms with Crippen molar-refractivity contribution in [2.24, 2.45) is 5.41 Å². The van der Waals surface area contributed by atoms with E-state index in [1.54, 1.807) is 24.1 Å². The predicted octanol–water partition coefficient (Wildman–Crippen LogP) is 3.22. The Labute approximate surface area is 130 Å². The summed E-state index contributed by atoms with van der Waals surface area (Å²) in [6.45, 7) is 5.20. The molecule has 0 spiro atoms. The first-order chi connectivity index (χ1) is 9.83. The second-order valence-corrected chi connectivity index (χ2v) is 6.78. The van der Waals surface area contributed by atoms with Crippen LogP contribution in [0.4, 0.5) is 4.39 Å². The minimum atomic E-state index is -0.377. The maximum absolute atomic E-state index is 13.8. The third kappa shape index (κ3) is 3.55. The molecule has 116 valence electrons. The second kappa shape index (κ2) is 6.32. The molecule has 1 saturated heterocycles. The van der Waals surface area contributed by atoms with E-state index in [-0.39, 0.29) is 29.7 Å². The van der Waals surface area contributed by atoms with E-state index in [2.05, 4.69) is 19.2 Å².